The molecular formula is C11H11ClF2N2O. The number of pyridine rings is 1. The summed E-state index contributed by atoms with van der Waals surface area (Å²) < 4.78 is 24.6. The second kappa shape index (κ2) is 4.56. The van der Waals surface area contributed by atoms with E-state index in [-0.39, 0.29) is 12.5 Å². The molecule has 1 aromatic heterocycles. The molecule has 2 heterocycles. The van der Waals surface area contributed by atoms with Gasteiger partial charge < -0.3 is 4.90 Å². The molecule has 0 saturated heterocycles. The first-order chi connectivity index (χ1) is 7.99. The van der Waals surface area contributed by atoms with Crippen LogP contribution in [0.4, 0.5) is 8.78 Å². The second-order valence-corrected chi connectivity index (χ2v) is 4.36. The lowest BCUT2D eigenvalue weighted by Gasteiger charge is -2.28. The second-order valence-electron chi connectivity index (χ2n) is 3.98. The maximum Gasteiger partial charge on any atom is 0.256 e. The summed E-state index contributed by atoms with van der Waals surface area (Å²) in [5.41, 5.74) is 1.70. The number of aryl methyl sites for hydroxylation is 1. The monoisotopic (exact) mass is 260 g/mol. The molecule has 1 aliphatic heterocycles. The van der Waals surface area contributed by atoms with Gasteiger partial charge in [0, 0.05) is 13.0 Å². The zero-order valence-corrected chi connectivity index (χ0v) is 9.97. The van der Waals surface area contributed by atoms with Crippen molar-refractivity contribution in [2.75, 3.05) is 13.1 Å². The number of hydrogen-bond acceptors (Lipinski definition) is 2. The number of hydrogen-bond donors (Lipinski definition) is 0. The van der Waals surface area contributed by atoms with E-state index in [1.54, 1.807) is 13.0 Å². The van der Waals surface area contributed by atoms with Crippen molar-refractivity contribution in [2.24, 2.45) is 0 Å². The molecule has 92 valence electrons. The summed E-state index contributed by atoms with van der Waals surface area (Å²) in [6, 6.07) is 1.57. The molecule has 0 fully saturated rings. The van der Waals surface area contributed by atoms with Crippen LogP contribution in [0.2, 0.25) is 5.15 Å². The Morgan fingerprint density at radius 3 is 2.94 bits per heavy atom. The van der Waals surface area contributed by atoms with Gasteiger partial charge in [-0.15, -0.1) is 0 Å². The van der Waals surface area contributed by atoms with Gasteiger partial charge in [-0.2, -0.15) is 0 Å². The Kier molecular flexibility index (Phi) is 3.28. The highest BCUT2D eigenvalue weighted by atomic mass is 35.5. The van der Waals surface area contributed by atoms with Gasteiger partial charge in [0.15, 0.2) is 0 Å². The van der Waals surface area contributed by atoms with Crippen molar-refractivity contribution in [3.63, 3.8) is 0 Å². The van der Waals surface area contributed by atoms with E-state index in [1.165, 1.54) is 0 Å². The Labute approximate surface area is 102 Å². The highest BCUT2D eigenvalue weighted by Crippen LogP contribution is 2.23. The fourth-order valence-electron chi connectivity index (χ4n) is 2.01. The molecule has 0 radical (unpaired) electrons. The maximum absolute atomic E-state index is 12.3. The predicted molar refractivity (Wildman–Crippen MR) is 59.6 cm³/mol. The molecule has 0 aromatic carbocycles. The molecule has 0 N–H and O–H groups in total. The van der Waals surface area contributed by atoms with Crippen LogP contribution in [0.3, 0.4) is 0 Å². The fourth-order valence-corrected chi connectivity index (χ4v) is 2.28. The molecule has 0 spiro atoms. The fraction of sp³-hybridized carbons (Fsp3) is 0.455. The van der Waals surface area contributed by atoms with Crippen molar-refractivity contribution in [2.45, 2.75) is 19.8 Å². The van der Waals surface area contributed by atoms with E-state index < -0.39 is 13.0 Å². The van der Waals surface area contributed by atoms with Gasteiger partial charge in [-0.3, -0.25) is 4.79 Å². The van der Waals surface area contributed by atoms with Gasteiger partial charge in [-0.1, -0.05) is 11.6 Å². The summed E-state index contributed by atoms with van der Waals surface area (Å²) in [6.45, 7) is 1.47. The van der Waals surface area contributed by atoms with Gasteiger partial charge in [0.05, 0.1) is 17.8 Å². The third-order valence-electron chi connectivity index (χ3n) is 2.74. The summed E-state index contributed by atoms with van der Waals surface area (Å²) in [5.74, 6) is -0.381. The molecule has 1 amide bonds. The first kappa shape index (κ1) is 12.2. The molecule has 1 aliphatic rings. The number of halogens is 3. The van der Waals surface area contributed by atoms with Crippen LogP contribution in [-0.2, 0) is 6.42 Å². The number of carbonyl (C=O) groups is 1. The number of aromatic nitrogens is 1. The summed E-state index contributed by atoms with van der Waals surface area (Å²) >= 11 is 5.79. The van der Waals surface area contributed by atoms with Crippen molar-refractivity contribution >= 4 is 17.5 Å². The van der Waals surface area contributed by atoms with Crippen molar-refractivity contribution in [3.05, 3.63) is 28.0 Å². The zero-order valence-electron chi connectivity index (χ0n) is 9.21. The van der Waals surface area contributed by atoms with Gasteiger partial charge in [0.25, 0.3) is 12.3 Å². The van der Waals surface area contributed by atoms with Crippen molar-refractivity contribution in [1.29, 1.82) is 0 Å². The minimum absolute atomic E-state index is 0.267. The van der Waals surface area contributed by atoms with Crippen LogP contribution < -0.4 is 0 Å². The van der Waals surface area contributed by atoms with Crippen LogP contribution >= 0.6 is 11.6 Å². The minimum Gasteiger partial charge on any atom is -0.332 e. The summed E-state index contributed by atoms with van der Waals surface area (Å²) in [4.78, 5) is 17.2. The molecule has 3 nitrogen and oxygen atoms in total. The van der Waals surface area contributed by atoms with Gasteiger partial charge in [-0.05, 0) is 18.6 Å². The third-order valence-corrected chi connectivity index (χ3v) is 2.93. The van der Waals surface area contributed by atoms with E-state index in [0.29, 0.717) is 28.4 Å². The van der Waals surface area contributed by atoms with E-state index in [9.17, 15) is 13.6 Å². The van der Waals surface area contributed by atoms with Crippen LogP contribution in [0.15, 0.2) is 6.07 Å². The topological polar surface area (TPSA) is 33.2 Å². The molecule has 1 aromatic rings. The van der Waals surface area contributed by atoms with Gasteiger partial charge in [0.2, 0.25) is 0 Å². The van der Waals surface area contributed by atoms with Crippen LogP contribution in [-0.4, -0.2) is 35.3 Å². The number of nitrogens with zero attached hydrogens (tertiary/aromatic N) is 2. The number of rotatable bonds is 2. The number of amides is 1. The Hall–Kier alpha value is -1.23. The van der Waals surface area contributed by atoms with Crippen LogP contribution in [0.25, 0.3) is 0 Å². The summed E-state index contributed by atoms with van der Waals surface area (Å²) in [7, 11) is 0. The maximum atomic E-state index is 12.3. The van der Waals surface area contributed by atoms with Crippen molar-refractivity contribution in [1.82, 2.24) is 9.88 Å². The standard InChI is InChI=1S/C11H11ClF2N2O/c1-6-4-8(12)15-7-2-3-16(5-9(13)14)11(17)10(6)7/h4,9H,2-3,5H2,1H3. The summed E-state index contributed by atoms with van der Waals surface area (Å²) in [6.07, 6.45) is -2.05. The molecule has 0 unspecified atom stereocenters. The molecule has 0 aliphatic carbocycles. The van der Waals surface area contributed by atoms with E-state index in [4.69, 9.17) is 11.6 Å². The van der Waals surface area contributed by atoms with Crippen LogP contribution in [0.1, 0.15) is 21.6 Å². The van der Waals surface area contributed by atoms with E-state index in [0.717, 1.165) is 4.90 Å². The normalized spacial score (nSPS) is 15.4. The summed E-state index contributed by atoms with van der Waals surface area (Å²) in [5, 5.41) is 0.330. The quantitative estimate of drug-likeness (QED) is 0.765. The first-order valence-corrected chi connectivity index (χ1v) is 5.60. The van der Waals surface area contributed by atoms with Gasteiger partial charge in [-0.25, -0.2) is 13.8 Å². The highest BCUT2D eigenvalue weighted by Gasteiger charge is 2.28. The first-order valence-electron chi connectivity index (χ1n) is 5.22. The van der Waals surface area contributed by atoms with Crippen LogP contribution in [0.5, 0.6) is 0 Å². The minimum atomic E-state index is -2.51. The van der Waals surface area contributed by atoms with E-state index in [1.807, 2.05) is 0 Å². The molecule has 17 heavy (non-hydrogen) atoms. The Morgan fingerprint density at radius 1 is 1.59 bits per heavy atom. The number of fused-ring (bicyclic) bond motifs is 1. The number of carbonyl (C=O) groups excluding carboxylic acids is 1. The molecule has 6 heteroatoms. The zero-order chi connectivity index (χ0) is 12.6. The molecule has 0 atom stereocenters. The Morgan fingerprint density at radius 2 is 2.29 bits per heavy atom. The van der Waals surface area contributed by atoms with Gasteiger partial charge in [0.1, 0.15) is 5.15 Å². The largest absolute Gasteiger partial charge is 0.332 e. The average molecular weight is 261 g/mol. The smallest absolute Gasteiger partial charge is 0.256 e. The molecule has 0 saturated carbocycles. The SMILES string of the molecule is Cc1cc(Cl)nc2c1C(=O)N(CC(F)F)CC2. The Balaban J connectivity index is 2.35. The average Bonchev–Trinajstić information content (AvgIpc) is 2.20. The van der Waals surface area contributed by atoms with Crippen molar-refractivity contribution in [3.8, 4) is 0 Å². The lowest BCUT2D eigenvalue weighted by atomic mass is 10.0. The van der Waals surface area contributed by atoms with Crippen LogP contribution in [0, 0.1) is 6.92 Å². The third kappa shape index (κ3) is 2.39. The molecule has 0 bridgehead atoms. The lowest BCUT2D eigenvalue weighted by molar-refractivity contribution is 0.0535. The molecule has 2 rings (SSSR count). The van der Waals surface area contributed by atoms with Crippen molar-refractivity contribution < 1.29 is 13.6 Å². The van der Waals surface area contributed by atoms with E-state index >= 15 is 0 Å². The Bertz CT molecular complexity index is 465. The predicted octanol–water partition coefficient (Wildman–Crippen LogP) is 2.31. The van der Waals surface area contributed by atoms with Gasteiger partial charge >= 0.3 is 0 Å². The number of alkyl halides is 2. The lowest BCUT2D eigenvalue weighted by Crippen LogP contribution is -2.41. The molecular weight excluding hydrogens is 250 g/mol. The highest BCUT2D eigenvalue weighted by molar-refractivity contribution is 6.29. The van der Waals surface area contributed by atoms with E-state index in [2.05, 4.69) is 4.98 Å².